The molecule has 0 aromatic rings. The molecule has 0 heterocycles. The highest BCUT2D eigenvalue weighted by atomic mass is 16.5. The quantitative estimate of drug-likeness (QED) is 0.645. The molecule has 0 rings (SSSR count). The Morgan fingerprint density at radius 3 is 1.59 bits per heavy atom. The van der Waals surface area contributed by atoms with Crippen molar-refractivity contribution in [1.29, 1.82) is 0 Å². The van der Waals surface area contributed by atoms with Crippen LogP contribution in [0.3, 0.4) is 0 Å². The first-order valence-corrected chi connectivity index (χ1v) is 8.64. The molecule has 2 N–H and O–H groups in total. The molecule has 0 aromatic carbocycles. The van der Waals surface area contributed by atoms with E-state index in [1.165, 1.54) is 0 Å². The van der Waals surface area contributed by atoms with Gasteiger partial charge in [0.05, 0.1) is 37.6 Å². The molecule has 136 valence electrons. The van der Waals surface area contributed by atoms with Crippen molar-refractivity contribution in [3.63, 3.8) is 0 Å². The molecule has 0 spiro atoms. The number of ether oxygens (including phenoxy) is 2. The molecule has 0 fully saturated rings. The molecule has 0 amide bonds. The Labute approximate surface area is 138 Å². The summed E-state index contributed by atoms with van der Waals surface area (Å²) in [5.74, 6) is 1.13. The van der Waals surface area contributed by atoms with Crippen molar-refractivity contribution in [1.82, 2.24) is 0 Å². The fourth-order valence-electron chi connectivity index (χ4n) is 2.00. The van der Waals surface area contributed by atoms with Crippen LogP contribution in [0, 0.1) is 11.8 Å². The minimum absolute atomic E-state index is 0.0231. The van der Waals surface area contributed by atoms with E-state index in [1.807, 2.05) is 27.7 Å². The van der Waals surface area contributed by atoms with Gasteiger partial charge in [0, 0.05) is 0 Å². The summed E-state index contributed by atoms with van der Waals surface area (Å²) in [6.07, 6.45) is 1.93. The summed E-state index contributed by atoms with van der Waals surface area (Å²) in [5.41, 5.74) is 0. The van der Waals surface area contributed by atoms with Gasteiger partial charge in [-0.25, -0.2) is 0 Å². The Kier molecular flexibility index (Phi) is 15.8. The van der Waals surface area contributed by atoms with E-state index in [0.717, 1.165) is 12.8 Å². The molecule has 0 saturated carbocycles. The molecule has 2 unspecified atom stereocenters. The van der Waals surface area contributed by atoms with Crippen LogP contribution >= 0.6 is 0 Å². The summed E-state index contributed by atoms with van der Waals surface area (Å²) in [6, 6.07) is 0. The summed E-state index contributed by atoms with van der Waals surface area (Å²) in [7, 11) is 0. The largest absolute Gasteiger partial charge is 0.394 e. The van der Waals surface area contributed by atoms with E-state index in [2.05, 4.69) is 27.7 Å². The van der Waals surface area contributed by atoms with Crippen LogP contribution in [0.1, 0.15) is 68.2 Å². The van der Waals surface area contributed by atoms with Gasteiger partial charge in [-0.3, -0.25) is 0 Å². The van der Waals surface area contributed by atoms with E-state index in [9.17, 15) is 5.11 Å². The Bertz CT molecular complexity index is 217. The summed E-state index contributed by atoms with van der Waals surface area (Å²) < 4.78 is 10.7. The van der Waals surface area contributed by atoms with Crippen molar-refractivity contribution >= 4 is 0 Å². The third-order valence-corrected chi connectivity index (χ3v) is 2.77. The van der Waals surface area contributed by atoms with Gasteiger partial charge in [0.15, 0.2) is 0 Å². The number of hydrogen-bond donors (Lipinski definition) is 2. The van der Waals surface area contributed by atoms with Crippen molar-refractivity contribution in [2.75, 3.05) is 13.2 Å². The topological polar surface area (TPSA) is 58.9 Å². The van der Waals surface area contributed by atoms with E-state index >= 15 is 0 Å². The maximum Gasteiger partial charge on any atom is 0.0811 e. The molecular formula is C18H40O4. The van der Waals surface area contributed by atoms with Crippen LogP contribution in [0.4, 0.5) is 0 Å². The van der Waals surface area contributed by atoms with Gasteiger partial charge in [0.2, 0.25) is 0 Å². The van der Waals surface area contributed by atoms with Crippen molar-refractivity contribution in [2.24, 2.45) is 11.8 Å². The lowest BCUT2D eigenvalue weighted by atomic mass is 10.1. The van der Waals surface area contributed by atoms with Crippen LogP contribution in [-0.4, -0.2) is 47.8 Å². The van der Waals surface area contributed by atoms with Gasteiger partial charge in [-0.15, -0.1) is 0 Å². The summed E-state index contributed by atoms with van der Waals surface area (Å²) in [4.78, 5) is 0. The van der Waals surface area contributed by atoms with Crippen molar-refractivity contribution in [3.05, 3.63) is 0 Å². The smallest absolute Gasteiger partial charge is 0.0811 e. The lowest BCUT2D eigenvalue weighted by molar-refractivity contribution is -0.0327. The second-order valence-electron chi connectivity index (χ2n) is 7.28. The van der Waals surface area contributed by atoms with Gasteiger partial charge in [0.1, 0.15) is 0 Å². The molecular weight excluding hydrogens is 280 g/mol. The number of rotatable bonds is 10. The third-order valence-electron chi connectivity index (χ3n) is 2.77. The SMILES string of the molecule is CC(C)CC(CO)OC(C)C.CC(C)CC(O)COC(C)C. The maximum atomic E-state index is 9.34. The van der Waals surface area contributed by atoms with E-state index in [0.29, 0.717) is 18.4 Å². The Hall–Kier alpha value is -0.160. The van der Waals surface area contributed by atoms with Gasteiger partial charge in [0.25, 0.3) is 0 Å². The first-order valence-electron chi connectivity index (χ1n) is 8.64. The van der Waals surface area contributed by atoms with Gasteiger partial charge >= 0.3 is 0 Å². The average Bonchev–Trinajstić information content (AvgIpc) is 2.34. The number of aliphatic hydroxyl groups is 2. The molecule has 0 aliphatic carbocycles. The number of aliphatic hydroxyl groups excluding tert-OH is 2. The molecule has 0 bridgehead atoms. The highest BCUT2D eigenvalue weighted by molar-refractivity contribution is 4.60. The lowest BCUT2D eigenvalue weighted by Gasteiger charge is -2.19. The minimum atomic E-state index is -0.294. The molecule has 0 radical (unpaired) electrons. The molecule has 2 atom stereocenters. The van der Waals surface area contributed by atoms with Crippen molar-refractivity contribution in [2.45, 2.75) is 92.6 Å². The zero-order valence-corrected chi connectivity index (χ0v) is 16.0. The predicted molar refractivity (Wildman–Crippen MR) is 93.1 cm³/mol. The highest BCUT2D eigenvalue weighted by Gasteiger charge is 2.11. The van der Waals surface area contributed by atoms with Crippen LogP contribution in [0.25, 0.3) is 0 Å². The molecule has 0 aromatic heterocycles. The van der Waals surface area contributed by atoms with Crippen LogP contribution in [-0.2, 0) is 9.47 Å². The van der Waals surface area contributed by atoms with Crippen LogP contribution < -0.4 is 0 Å². The van der Waals surface area contributed by atoms with E-state index in [1.54, 1.807) is 0 Å². The van der Waals surface area contributed by atoms with E-state index < -0.39 is 0 Å². The Balaban J connectivity index is 0. The van der Waals surface area contributed by atoms with Gasteiger partial charge in [-0.05, 0) is 52.4 Å². The van der Waals surface area contributed by atoms with Crippen molar-refractivity contribution in [3.8, 4) is 0 Å². The van der Waals surface area contributed by atoms with Crippen LogP contribution in [0.2, 0.25) is 0 Å². The predicted octanol–water partition coefficient (Wildman–Crippen LogP) is 3.64. The third kappa shape index (κ3) is 19.8. The fourth-order valence-corrected chi connectivity index (χ4v) is 2.00. The molecule has 0 saturated heterocycles. The second-order valence-corrected chi connectivity index (χ2v) is 7.28. The van der Waals surface area contributed by atoms with E-state index in [-0.39, 0.29) is 31.0 Å². The first kappa shape index (κ1) is 24.1. The zero-order valence-electron chi connectivity index (χ0n) is 16.0. The van der Waals surface area contributed by atoms with Gasteiger partial charge < -0.3 is 19.7 Å². The molecule has 4 heteroatoms. The lowest BCUT2D eigenvalue weighted by Crippen LogP contribution is -2.23. The second kappa shape index (κ2) is 14.4. The van der Waals surface area contributed by atoms with Gasteiger partial charge in [-0.1, -0.05) is 27.7 Å². The summed E-state index contributed by atoms with van der Waals surface area (Å²) >= 11 is 0. The van der Waals surface area contributed by atoms with Gasteiger partial charge in [-0.2, -0.15) is 0 Å². The van der Waals surface area contributed by atoms with Crippen LogP contribution in [0.15, 0.2) is 0 Å². The molecule has 22 heavy (non-hydrogen) atoms. The standard InChI is InChI=1S/2C9H20O2/c1-7(2)5-9(10)6-11-8(3)4;1-7(2)5-9(6-10)11-8(3)4/h2*7-10H,5-6H2,1-4H3. The average molecular weight is 321 g/mol. The highest BCUT2D eigenvalue weighted by Crippen LogP contribution is 2.09. The number of hydrogen-bond acceptors (Lipinski definition) is 4. The monoisotopic (exact) mass is 320 g/mol. The van der Waals surface area contributed by atoms with Crippen LogP contribution in [0.5, 0.6) is 0 Å². The minimum Gasteiger partial charge on any atom is -0.394 e. The summed E-state index contributed by atoms with van der Waals surface area (Å²) in [5, 5.41) is 18.2. The van der Waals surface area contributed by atoms with Crippen molar-refractivity contribution < 1.29 is 19.7 Å². The Morgan fingerprint density at radius 2 is 1.27 bits per heavy atom. The normalized spacial score (nSPS) is 14.5. The Morgan fingerprint density at radius 1 is 0.773 bits per heavy atom. The fraction of sp³-hybridized carbons (Fsp3) is 1.00. The zero-order chi connectivity index (χ0) is 17.7. The molecule has 4 nitrogen and oxygen atoms in total. The first-order chi connectivity index (χ1) is 10.1. The molecule has 0 aliphatic rings. The summed E-state index contributed by atoms with van der Waals surface area (Å²) in [6.45, 7) is 17.0. The molecule has 0 aliphatic heterocycles. The van der Waals surface area contributed by atoms with E-state index in [4.69, 9.17) is 14.6 Å². The maximum absolute atomic E-state index is 9.34.